The lowest BCUT2D eigenvalue weighted by Gasteiger charge is -2.05. The zero-order chi connectivity index (χ0) is 9.97. The van der Waals surface area contributed by atoms with Crippen LogP contribution in [0.5, 0.6) is 0 Å². The lowest BCUT2D eigenvalue weighted by atomic mass is 10.3. The van der Waals surface area contributed by atoms with Gasteiger partial charge in [-0.05, 0) is 24.5 Å². The zero-order valence-corrected chi connectivity index (χ0v) is 8.20. The molecular formula is C11H13N3. The molecule has 1 fully saturated rings. The van der Waals surface area contributed by atoms with Crippen molar-refractivity contribution in [3.8, 4) is 6.07 Å². The largest absolute Gasteiger partial charge is 0.380 e. The number of hydrogen-bond donors (Lipinski definition) is 1. The third kappa shape index (κ3) is 1.69. The van der Waals surface area contributed by atoms with E-state index < -0.39 is 0 Å². The SMILES string of the molecule is CCC1CC1Nc1cccnc1C#N. The van der Waals surface area contributed by atoms with Crippen molar-refractivity contribution in [1.29, 1.82) is 5.26 Å². The Balaban J connectivity index is 2.07. The number of nitriles is 1. The van der Waals surface area contributed by atoms with Crippen LogP contribution in [0.2, 0.25) is 0 Å². The van der Waals surface area contributed by atoms with Crippen LogP contribution in [0, 0.1) is 17.2 Å². The van der Waals surface area contributed by atoms with Gasteiger partial charge in [-0.3, -0.25) is 0 Å². The average molecular weight is 187 g/mol. The molecule has 72 valence electrons. The molecule has 2 rings (SSSR count). The topological polar surface area (TPSA) is 48.7 Å². The molecule has 1 heterocycles. The summed E-state index contributed by atoms with van der Waals surface area (Å²) >= 11 is 0. The molecule has 1 aromatic rings. The standard InChI is InChI=1S/C11H13N3/c1-2-8-6-10(8)14-9-4-3-5-13-11(9)7-12/h3-5,8,10,14H,2,6H2,1H3. The molecule has 0 bridgehead atoms. The lowest BCUT2D eigenvalue weighted by molar-refractivity contribution is 0.774. The molecular weight excluding hydrogens is 174 g/mol. The highest BCUT2D eigenvalue weighted by molar-refractivity contribution is 5.54. The van der Waals surface area contributed by atoms with Gasteiger partial charge in [-0.15, -0.1) is 0 Å². The van der Waals surface area contributed by atoms with Crippen molar-refractivity contribution in [3.05, 3.63) is 24.0 Å². The molecule has 1 aromatic heterocycles. The first-order valence-electron chi connectivity index (χ1n) is 4.96. The van der Waals surface area contributed by atoms with Crippen LogP contribution >= 0.6 is 0 Å². The fourth-order valence-corrected chi connectivity index (χ4v) is 1.69. The number of hydrogen-bond acceptors (Lipinski definition) is 3. The number of nitrogens with one attached hydrogen (secondary N) is 1. The van der Waals surface area contributed by atoms with E-state index in [1.165, 1.54) is 12.8 Å². The lowest BCUT2D eigenvalue weighted by Crippen LogP contribution is -2.06. The monoisotopic (exact) mass is 187 g/mol. The third-order valence-electron chi connectivity index (χ3n) is 2.70. The summed E-state index contributed by atoms with van der Waals surface area (Å²) in [6.45, 7) is 2.20. The second kappa shape index (κ2) is 3.67. The van der Waals surface area contributed by atoms with Crippen molar-refractivity contribution in [1.82, 2.24) is 4.98 Å². The van der Waals surface area contributed by atoms with Gasteiger partial charge in [0.25, 0.3) is 0 Å². The van der Waals surface area contributed by atoms with Gasteiger partial charge in [-0.25, -0.2) is 4.98 Å². The fraction of sp³-hybridized carbons (Fsp3) is 0.455. The van der Waals surface area contributed by atoms with Crippen LogP contribution in [0.4, 0.5) is 5.69 Å². The van der Waals surface area contributed by atoms with E-state index in [0.29, 0.717) is 11.7 Å². The zero-order valence-electron chi connectivity index (χ0n) is 8.20. The van der Waals surface area contributed by atoms with Crippen molar-refractivity contribution in [2.75, 3.05) is 5.32 Å². The van der Waals surface area contributed by atoms with E-state index in [-0.39, 0.29) is 0 Å². The summed E-state index contributed by atoms with van der Waals surface area (Å²) < 4.78 is 0. The first-order valence-corrected chi connectivity index (χ1v) is 4.96. The van der Waals surface area contributed by atoms with Gasteiger partial charge in [0.2, 0.25) is 0 Å². The Morgan fingerprint density at radius 3 is 3.21 bits per heavy atom. The van der Waals surface area contributed by atoms with Gasteiger partial charge in [0, 0.05) is 12.2 Å². The van der Waals surface area contributed by atoms with Crippen molar-refractivity contribution < 1.29 is 0 Å². The predicted molar refractivity (Wildman–Crippen MR) is 54.8 cm³/mol. The van der Waals surface area contributed by atoms with E-state index in [4.69, 9.17) is 5.26 Å². The minimum atomic E-state index is 0.495. The van der Waals surface area contributed by atoms with Gasteiger partial charge in [-0.2, -0.15) is 5.26 Å². The van der Waals surface area contributed by atoms with E-state index in [1.807, 2.05) is 12.1 Å². The van der Waals surface area contributed by atoms with Crippen molar-refractivity contribution in [2.45, 2.75) is 25.8 Å². The van der Waals surface area contributed by atoms with Gasteiger partial charge >= 0.3 is 0 Å². The molecule has 1 aliphatic carbocycles. The van der Waals surface area contributed by atoms with Crippen LogP contribution in [0.25, 0.3) is 0 Å². The summed E-state index contributed by atoms with van der Waals surface area (Å²) in [6, 6.07) is 6.41. The van der Waals surface area contributed by atoms with E-state index in [1.54, 1.807) is 6.20 Å². The third-order valence-corrected chi connectivity index (χ3v) is 2.70. The Morgan fingerprint density at radius 1 is 1.71 bits per heavy atom. The Morgan fingerprint density at radius 2 is 2.57 bits per heavy atom. The van der Waals surface area contributed by atoms with E-state index >= 15 is 0 Å². The normalized spacial score (nSPS) is 24.0. The Labute approximate surface area is 83.8 Å². The number of anilines is 1. The highest BCUT2D eigenvalue weighted by atomic mass is 15.0. The van der Waals surface area contributed by atoms with Crippen LogP contribution < -0.4 is 5.32 Å². The van der Waals surface area contributed by atoms with Crippen molar-refractivity contribution in [3.63, 3.8) is 0 Å². The number of rotatable bonds is 3. The second-order valence-electron chi connectivity index (χ2n) is 3.67. The molecule has 2 unspecified atom stereocenters. The number of aromatic nitrogens is 1. The van der Waals surface area contributed by atoms with E-state index in [2.05, 4.69) is 23.3 Å². The number of nitrogens with zero attached hydrogens (tertiary/aromatic N) is 2. The van der Waals surface area contributed by atoms with Gasteiger partial charge in [-0.1, -0.05) is 13.3 Å². The molecule has 1 aliphatic rings. The van der Waals surface area contributed by atoms with Crippen LogP contribution in [0.1, 0.15) is 25.5 Å². The smallest absolute Gasteiger partial charge is 0.163 e. The molecule has 0 saturated heterocycles. The molecule has 0 radical (unpaired) electrons. The summed E-state index contributed by atoms with van der Waals surface area (Å²) in [6.07, 6.45) is 4.07. The quantitative estimate of drug-likeness (QED) is 0.788. The molecule has 0 spiro atoms. The summed E-state index contributed by atoms with van der Waals surface area (Å²) in [5.41, 5.74) is 1.37. The van der Waals surface area contributed by atoms with Gasteiger partial charge in [0.05, 0.1) is 5.69 Å². The minimum Gasteiger partial charge on any atom is -0.380 e. The van der Waals surface area contributed by atoms with Crippen molar-refractivity contribution >= 4 is 5.69 Å². The Kier molecular flexibility index (Phi) is 2.36. The summed E-state index contributed by atoms with van der Waals surface area (Å²) in [5.74, 6) is 0.779. The predicted octanol–water partition coefficient (Wildman–Crippen LogP) is 2.16. The molecule has 1 N–H and O–H groups in total. The van der Waals surface area contributed by atoms with Gasteiger partial charge in [0.1, 0.15) is 6.07 Å². The van der Waals surface area contributed by atoms with Crippen molar-refractivity contribution in [2.24, 2.45) is 5.92 Å². The maximum Gasteiger partial charge on any atom is 0.163 e. The minimum absolute atomic E-state index is 0.495. The van der Waals surface area contributed by atoms with Crippen LogP contribution in [0.3, 0.4) is 0 Å². The van der Waals surface area contributed by atoms with Gasteiger partial charge < -0.3 is 5.32 Å². The fourth-order valence-electron chi connectivity index (χ4n) is 1.69. The van der Waals surface area contributed by atoms with Crippen LogP contribution in [-0.2, 0) is 0 Å². The molecule has 3 nitrogen and oxygen atoms in total. The highest BCUT2D eigenvalue weighted by Crippen LogP contribution is 2.36. The van der Waals surface area contributed by atoms with E-state index in [9.17, 15) is 0 Å². The Hall–Kier alpha value is -1.56. The first kappa shape index (κ1) is 9.01. The summed E-state index contributed by atoms with van der Waals surface area (Å²) in [5, 5.41) is 12.2. The molecule has 14 heavy (non-hydrogen) atoms. The number of pyridine rings is 1. The van der Waals surface area contributed by atoms with Crippen LogP contribution in [0.15, 0.2) is 18.3 Å². The Bertz CT molecular complexity index is 367. The van der Waals surface area contributed by atoms with E-state index in [0.717, 1.165) is 11.6 Å². The molecule has 2 atom stereocenters. The molecule has 1 saturated carbocycles. The average Bonchev–Trinajstić information content (AvgIpc) is 2.97. The summed E-state index contributed by atoms with van der Waals surface area (Å²) in [4.78, 5) is 4.01. The summed E-state index contributed by atoms with van der Waals surface area (Å²) in [7, 11) is 0. The molecule has 3 heteroatoms. The molecule has 0 aromatic carbocycles. The molecule has 0 aliphatic heterocycles. The maximum absolute atomic E-state index is 8.82. The first-order chi connectivity index (χ1) is 6.85. The van der Waals surface area contributed by atoms with Crippen LogP contribution in [-0.4, -0.2) is 11.0 Å². The second-order valence-corrected chi connectivity index (χ2v) is 3.67. The maximum atomic E-state index is 8.82. The molecule has 0 amide bonds. The van der Waals surface area contributed by atoms with Gasteiger partial charge in [0.15, 0.2) is 5.69 Å². The highest BCUT2D eigenvalue weighted by Gasteiger charge is 2.35.